The van der Waals surface area contributed by atoms with Crippen molar-refractivity contribution in [2.24, 2.45) is 0 Å². The molecule has 2 aliphatic heterocycles. The zero-order valence-electron chi connectivity index (χ0n) is 30.3. The number of piperazine rings is 1. The van der Waals surface area contributed by atoms with Gasteiger partial charge in [-0.3, -0.25) is 19.7 Å². The molecular formula is C41H39ClN8O4S2. The quantitative estimate of drug-likeness (QED) is 0.0704. The first-order valence-corrected chi connectivity index (χ1v) is 20.9. The fourth-order valence-electron chi connectivity index (χ4n) is 7.24. The minimum Gasteiger partial charge on any atom is -0.375 e. The summed E-state index contributed by atoms with van der Waals surface area (Å²) in [5.74, 6) is 0.0916. The fraction of sp³-hybridized carbons (Fsp3) is 0.220. The SMILES string of the molecule is O=[N+]([O-])c1cc(S(=O)(=O)Nc2ncnc3cc(N4CCN(Cc5cc(Cl)ccc5-c5ccccc5)CC4)ccc23)ccc1NC1CCN(Sc2ccccc2)C1. The Morgan fingerprint density at radius 3 is 2.39 bits per heavy atom. The number of sulfonamides is 1. The lowest BCUT2D eigenvalue weighted by molar-refractivity contribution is -0.384. The van der Waals surface area contributed by atoms with Gasteiger partial charge in [0.05, 0.1) is 15.3 Å². The van der Waals surface area contributed by atoms with E-state index >= 15 is 0 Å². The van der Waals surface area contributed by atoms with E-state index in [1.54, 1.807) is 11.9 Å². The van der Waals surface area contributed by atoms with Crippen LogP contribution in [0.5, 0.6) is 0 Å². The molecule has 0 saturated carbocycles. The summed E-state index contributed by atoms with van der Waals surface area (Å²) >= 11 is 8.06. The highest BCUT2D eigenvalue weighted by molar-refractivity contribution is 7.97. The van der Waals surface area contributed by atoms with Gasteiger partial charge in [0, 0.05) is 78.9 Å². The normalized spacial score (nSPS) is 16.6. The van der Waals surface area contributed by atoms with Gasteiger partial charge in [-0.2, -0.15) is 0 Å². The molecule has 6 aromatic rings. The van der Waals surface area contributed by atoms with Crippen LogP contribution < -0.4 is 14.9 Å². The molecule has 0 amide bonds. The molecule has 3 heterocycles. The van der Waals surface area contributed by atoms with Crippen LogP contribution in [-0.4, -0.2) is 77.8 Å². The summed E-state index contributed by atoms with van der Waals surface area (Å²) in [6.45, 7) is 5.56. The number of rotatable bonds is 12. The minimum absolute atomic E-state index is 0.0336. The van der Waals surface area contributed by atoms with Gasteiger partial charge in [-0.05, 0) is 89.7 Å². The van der Waals surface area contributed by atoms with Crippen molar-refractivity contribution in [2.45, 2.75) is 28.8 Å². The van der Waals surface area contributed by atoms with E-state index in [1.165, 1.54) is 29.6 Å². The van der Waals surface area contributed by atoms with Crippen LogP contribution in [0.3, 0.4) is 0 Å². The molecule has 2 saturated heterocycles. The van der Waals surface area contributed by atoms with Crippen LogP contribution in [0.4, 0.5) is 22.9 Å². The Bertz CT molecular complexity index is 2470. The minimum atomic E-state index is -4.24. The highest BCUT2D eigenvalue weighted by Gasteiger charge is 2.28. The standard InChI is InChI=1S/C41H39ClN8O4S2/c42-31-11-14-36(29-7-3-1-4-8-29)30(23-31)26-47-19-21-48(22-20-47)33-12-15-37-39(24-33)43-28-44-41(37)46-56(53,54)35-13-16-38(40(25-35)50(51)52)45-32-17-18-49(27-32)55-34-9-5-2-6-10-34/h1-16,23-25,28,32,45H,17-22,26-27H2,(H,43,44,46). The van der Waals surface area contributed by atoms with E-state index in [4.69, 9.17) is 11.6 Å². The molecule has 12 nitrogen and oxygen atoms in total. The molecule has 56 heavy (non-hydrogen) atoms. The fourth-order valence-corrected chi connectivity index (χ4v) is 9.51. The number of hydrogen-bond donors (Lipinski definition) is 2. The zero-order chi connectivity index (χ0) is 38.6. The van der Waals surface area contributed by atoms with Gasteiger partial charge in [-0.1, -0.05) is 66.2 Å². The van der Waals surface area contributed by atoms with Crippen molar-refractivity contribution < 1.29 is 13.3 Å². The second kappa shape index (κ2) is 16.5. The Hall–Kier alpha value is -5.25. The molecule has 1 aromatic heterocycles. The average Bonchev–Trinajstić information content (AvgIpc) is 3.65. The summed E-state index contributed by atoms with van der Waals surface area (Å²) in [5.41, 5.74) is 5.03. The van der Waals surface area contributed by atoms with Crippen molar-refractivity contribution >= 4 is 67.4 Å². The van der Waals surface area contributed by atoms with Crippen molar-refractivity contribution in [3.63, 3.8) is 0 Å². The molecule has 15 heteroatoms. The van der Waals surface area contributed by atoms with Crippen LogP contribution >= 0.6 is 23.5 Å². The third-order valence-electron chi connectivity index (χ3n) is 10.1. The zero-order valence-corrected chi connectivity index (χ0v) is 32.7. The van der Waals surface area contributed by atoms with Crippen LogP contribution in [0.25, 0.3) is 22.0 Å². The van der Waals surface area contributed by atoms with E-state index < -0.39 is 14.9 Å². The van der Waals surface area contributed by atoms with Crippen LogP contribution in [-0.2, 0) is 16.6 Å². The van der Waals surface area contributed by atoms with Gasteiger partial charge in [-0.15, -0.1) is 0 Å². The molecule has 0 radical (unpaired) electrons. The van der Waals surface area contributed by atoms with Crippen LogP contribution in [0.1, 0.15) is 12.0 Å². The number of anilines is 3. The number of fused-ring (bicyclic) bond motifs is 1. The molecule has 1 atom stereocenters. The van der Waals surface area contributed by atoms with Gasteiger partial charge in [0.1, 0.15) is 12.0 Å². The summed E-state index contributed by atoms with van der Waals surface area (Å²) in [5, 5.41) is 16.7. The van der Waals surface area contributed by atoms with Gasteiger partial charge in [-0.25, -0.2) is 22.7 Å². The number of hydrogen-bond acceptors (Lipinski definition) is 11. The maximum atomic E-state index is 13.6. The third kappa shape index (κ3) is 8.59. The lowest BCUT2D eigenvalue weighted by atomic mass is 9.99. The molecule has 5 aromatic carbocycles. The molecule has 0 aliphatic carbocycles. The second-order valence-corrected chi connectivity index (χ2v) is 17.1. The number of nitro benzene ring substituents is 1. The summed E-state index contributed by atoms with van der Waals surface area (Å²) in [6, 6.07) is 36.0. The van der Waals surface area contributed by atoms with E-state index in [0.717, 1.165) is 72.9 Å². The van der Waals surface area contributed by atoms with Crippen LogP contribution in [0.2, 0.25) is 5.02 Å². The van der Waals surface area contributed by atoms with Gasteiger partial charge >= 0.3 is 0 Å². The van der Waals surface area contributed by atoms with E-state index in [0.29, 0.717) is 17.4 Å². The van der Waals surface area contributed by atoms with E-state index in [-0.39, 0.29) is 28.1 Å². The van der Waals surface area contributed by atoms with Crippen molar-refractivity contribution in [3.05, 3.63) is 142 Å². The predicted molar refractivity (Wildman–Crippen MR) is 224 cm³/mol. The first-order valence-electron chi connectivity index (χ1n) is 18.3. The number of aromatic nitrogens is 2. The molecule has 8 rings (SSSR count). The number of benzene rings is 5. The molecule has 2 fully saturated rings. The first kappa shape index (κ1) is 37.7. The van der Waals surface area contributed by atoms with E-state index in [2.05, 4.69) is 58.4 Å². The summed E-state index contributed by atoms with van der Waals surface area (Å²) < 4.78 is 32.1. The van der Waals surface area contributed by atoms with Crippen molar-refractivity contribution in [2.75, 3.05) is 54.2 Å². The van der Waals surface area contributed by atoms with Crippen LogP contribution in [0.15, 0.2) is 131 Å². The Labute approximate surface area is 334 Å². The highest BCUT2D eigenvalue weighted by Crippen LogP contribution is 2.34. The maximum absolute atomic E-state index is 13.6. The number of nitrogens with zero attached hydrogens (tertiary/aromatic N) is 6. The van der Waals surface area contributed by atoms with Crippen molar-refractivity contribution in [3.8, 4) is 11.1 Å². The Kier molecular flexibility index (Phi) is 11.1. The Morgan fingerprint density at radius 2 is 1.62 bits per heavy atom. The number of nitrogens with one attached hydrogen (secondary N) is 2. The maximum Gasteiger partial charge on any atom is 0.293 e. The van der Waals surface area contributed by atoms with E-state index in [9.17, 15) is 18.5 Å². The molecule has 1 unspecified atom stereocenters. The first-order chi connectivity index (χ1) is 27.2. The smallest absolute Gasteiger partial charge is 0.293 e. The lowest BCUT2D eigenvalue weighted by Crippen LogP contribution is -2.46. The van der Waals surface area contributed by atoms with Crippen molar-refractivity contribution in [1.82, 2.24) is 19.2 Å². The molecule has 0 spiro atoms. The molecule has 0 bridgehead atoms. The molecule has 2 N–H and O–H groups in total. The third-order valence-corrected chi connectivity index (χ3v) is 12.7. The number of nitro groups is 1. The van der Waals surface area contributed by atoms with Gasteiger partial charge < -0.3 is 10.2 Å². The van der Waals surface area contributed by atoms with Crippen molar-refractivity contribution in [1.29, 1.82) is 0 Å². The number of halogens is 1. The monoisotopic (exact) mass is 806 g/mol. The summed E-state index contributed by atoms with van der Waals surface area (Å²) in [6.07, 6.45) is 2.10. The molecule has 286 valence electrons. The van der Waals surface area contributed by atoms with Gasteiger partial charge in [0.15, 0.2) is 5.82 Å². The average molecular weight is 807 g/mol. The van der Waals surface area contributed by atoms with Crippen LogP contribution in [0, 0.1) is 10.1 Å². The lowest BCUT2D eigenvalue weighted by Gasteiger charge is -2.36. The predicted octanol–water partition coefficient (Wildman–Crippen LogP) is 8.17. The summed E-state index contributed by atoms with van der Waals surface area (Å²) in [4.78, 5) is 25.9. The topological polar surface area (TPSA) is 137 Å². The summed E-state index contributed by atoms with van der Waals surface area (Å²) in [7, 11) is -4.24. The Morgan fingerprint density at radius 1 is 0.857 bits per heavy atom. The molecular weight excluding hydrogens is 768 g/mol. The van der Waals surface area contributed by atoms with Gasteiger partial charge in [0.25, 0.3) is 15.7 Å². The van der Waals surface area contributed by atoms with Gasteiger partial charge in [0.2, 0.25) is 0 Å². The molecule has 2 aliphatic rings. The largest absolute Gasteiger partial charge is 0.375 e. The highest BCUT2D eigenvalue weighted by atomic mass is 35.5. The Balaban J connectivity index is 0.923. The second-order valence-electron chi connectivity index (χ2n) is 13.8. The van der Waals surface area contributed by atoms with E-state index in [1.807, 2.05) is 72.8 Å².